The molecule has 0 aliphatic carbocycles. The summed E-state index contributed by atoms with van der Waals surface area (Å²) in [5.74, 6) is 0. The summed E-state index contributed by atoms with van der Waals surface area (Å²) in [6.07, 6.45) is 1.69. The van der Waals surface area contributed by atoms with Gasteiger partial charge in [0.05, 0.1) is 11.4 Å². The zero-order valence-corrected chi connectivity index (χ0v) is 27.9. The minimum absolute atomic E-state index is 0.218. The van der Waals surface area contributed by atoms with Crippen molar-refractivity contribution in [2.75, 3.05) is 0 Å². The van der Waals surface area contributed by atoms with Crippen molar-refractivity contribution in [3.8, 4) is 33.6 Å². The number of fused-ring (bicyclic) bond motifs is 8. The van der Waals surface area contributed by atoms with Crippen LogP contribution in [0.3, 0.4) is 0 Å². The van der Waals surface area contributed by atoms with Gasteiger partial charge in [-0.05, 0) is 73.8 Å². The summed E-state index contributed by atoms with van der Waals surface area (Å²) in [4.78, 5) is 12.1. The van der Waals surface area contributed by atoms with Crippen LogP contribution in [-0.4, -0.2) is 16.7 Å². The highest BCUT2D eigenvalue weighted by Crippen LogP contribution is 2.38. The highest BCUT2D eigenvalue weighted by molar-refractivity contribution is 8.00. The summed E-state index contributed by atoms with van der Waals surface area (Å²) in [5.41, 5.74) is 10.4. The van der Waals surface area contributed by atoms with Gasteiger partial charge in [-0.3, -0.25) is 0 Å². The molecule has 232 valence electrons. The van der Waals surface area contributed by atoms with Crippen molar-refractivity contribution in [2.24, 2.45) is 0 Å². The lowest BCUT2D eigenvalue weighted by molar-refractivity contribution is 1.18. The molecule has 4 heteroatoms. The van der Waals surface area contributed by atoms with Crippen molar-refractivity contribution in [1.82, 2.24) is 9.97 Å². The predicted octanol–water partition coefficient (Wildman–Crippen LogP) is 9.92. The van der Waals surface area contributed by atoms with Gasteiger partial charge in [-0.2, -0.15) is 0 Å². The third-order valence-electron chi connectivity index (χ3n) is 10.1. The smallest absolute Gasteiger partial charge is 0.236 e. The molecule has 50 heavy (non-hydrogen) atoms. The van der Waals surface area contributed by atoms with Crippen molar-refractivity contribution in [2.45, 2.75) is 9.79 Å². The Morgan fingerprint density at radius 2 is 0.920 bits per heavy atom. The summed E-state index contributed by atoms with van der Waals surface area (Å²) in [5, 5.41) is 7.58. The molecular formula is C46H29BN2S. The molecule has 2 heterocycles. The van der Waals surface area contributed by atoms with Crippen LogP contribution in [0.4, 0.5) is 0 Å². The second-order valence-electron chi connectivity index (χ2n) is 13.0. The highest BCUT2D eigenvalue weighted by Gasteiger charge is 2.31. The molecule has 9 aromatic rings. The Morgan fingerprint density at radius 3 is 1.68 bits per heavy atom. The van der Waals surface area contributed by atoms with E-state index >= 15 is 0 Å². The molecule has 0 atom stereocenters. The topological polar surface area (TPSA) is 25.8 Å². The second-order valence-corrected chi connectivity index (χ2v) is 14.0. The lowest BCUT2D eigenvalue weighted by Crippen LogP contribution is -2.55. The molecule has 0 saturated heterocycles. The quantitative estimate of drug-likeness (QED) is 0.140. The Hall–Kier alpha value is -5.97. The maximum Gasteiger partial charge on any atom is 0.244 e. The van der Waals surface area contributed by atoms with Gasteiger partial charge in [0.1, 0.15) is 6.33 Å². The van der Waals surface area contributed by atoms with Crippen molar-refractivity contribution < 1.29 is 0 Å². The van der Waals surface area contributed by atoms with Gasteiger partial charge in [0, 0.05) is 20.9 Å². The molecule has 0 spiro atoms. The molecular weight excluding hydrogens is 623 g/mol. The lowest BCUT2D eigenvalue weighted by atomic mass is 9.36. The van der Waals surface area contributed by atoms with E-state index in [2.05, 4.69) is 170 Å². The molecule has 0 amide bonds. The Bertz CT molecular complexity index is 2720. The van der Waals surface area contributed by atoms with Crippen molar-refractivity contribution in [3.63, 3.8) is 0 Å². The fourth-order valence-corrected chi connectivity index (χ4v) is 8.92. The zero-order valence-electron chi connectivity index (χ0n) is 27.1. The van der Waals surface area contributed by atoms with Gasteiger partial charge >= 0.3 is 0 Å². The number of hydrogen-bond donors (Lipinski definition) is 0. The van der Waals surface area contributed by atoms with Crippen LogP contribution in [-0.2, 0) is 0 Å². The minimum atomic E-state index is 0.218. The van der Waals surface area contributed by atoms with E-state index in [1.807, 2.05) is 11.8 Å². The number of rotatable bonds is 4. The van der Waals surface area contributed by atoms with Crippen LogP contribution in [0.5, 0.6) is 0 Å². The molecule has 8 aromatic carbocycles. The van der Waals surface area contributed by atoms with Gasteiger partial charge in [-0.1, -0.05) is 168 Å². The zero-order chi connectivity index (χ0) is 33.0. The van der Waals surface area contributed by atoms with Crippen molar-refractivity contribution in [3.05, 3.63) is 176 Å². The number of hydrogen-bond acceptors (Lipinski definition) is 3. The molecule has 0 fully saturated rings. The molecule has 0 bridgehead atoms. The molecule has 0 radical (unpaired) electrons. The first-order valence-electron chi connectivity index (χ1n) is 17.0. The largest absolute Gasteiger partial charge is 0.244 e. The molecule has 1 aliphatic heterocycles. The van der Waals surface area contributed by atoms with Gasteiger partial charge in [-0.15, -0.1) is 0 Å². The van der Waals surface area contributed by atoms with Crippen molar-refractivity contribution in [1.29, 1.82) is 0 Å². The van der Waals surface area contributed by atoms with Crippen LogP contribution in [0.1, 0.15) is 0 Å². The maximum atomic E-state index is 4.75. The summed E-state index contributed by atoms with van der Waals surface area (Å²) >= 11 is 1.87. The normalized spacial score (nSPS) is 12.3. The molecule has 0 N–H and O–H groups in total. The SMILES string of the molecule is c1ccc(B2c3ccccc3Sc3cc(-c4cccc(-c5cc(-c6ccc7c8ccccc8c8ccccc8c7c6)ncn5)c4)ccc32)cc1. The van der Waals surface area contributed by atoms with Gasteiger partial charge < -0.3 is 0 Å². The minimum Gasteiger partial charge on any atom is -0.236 e. The third kappa shape index (κ3) is 4.83. The number of aromatic nitrogens is 2. The van der Waals surface area contributed by atoms with Crippen LogP contribution in [0, 0.1) is 0 Å². The molecule has 0 saturated carbocycles. The van der Waals surface area contributed by atoms with Crippen LogP contribution in [0.25, 0.3) is 66.0 Å². The fourth-order valence-electron chi connectivity index (χ4n) is 7.74. The lowest BCUT2D eigenvalue weighted by Gasteiger charge is -2.26. The van der Waals surface area contributed by atoms with Crippen LogP contribution < -0.4 is 16.4 Å². The molecule has 2 nitrogen and oxygen atoms in total. The Balaban J connectivity index is 1.03. The molecule has 1 aromatic heterocycles. The molecule has 1 aliphatic rings. The van der Waals surface area contributed by atoms with Crippen LogP contribution in [0.2, 0.25) is 0 Å². The fraction of sp³-hybridized carbons (Fsp3) is 0. The second kappa shape index (κ2) is 11.9. The summed E-state index contributed by atoms with van der Waals surface area (Å²) in [6, 6.07) is 61.6. The van der Waals surface area contributed by atoms with Gasteiger partial charge in [0.25, 0.3) is 0 Å². The van der Waals surface area contributed by atoms with Gasteiger partial charge in [0.2, 0.25) is 6.71 Å². The van der Waals surface area contributed by atoms with E-state index in [-0.39, 0.29) is 6.71 Å². The van der Waals surface area contributed by atoms with Crippen LogP contribution >= 0.6 is 11.8 Å². The monoisotopic (exact) mass is 652 g/mol. The van der Waals surface area contributed by atoms with E-state index < -0.39 is 0 Å². The highest BCUT2D eigenvalue weighted by atomic mass is 32.2. The van der Waals surface area contributed by atoms with E-state index in [0.717, 1.165) is 22.5 Å². The Kier molecular flexibility index (Phi) is 6.88. The Labute approximate surface area is 295 Å². The van der Waals surface area contributed by atoms with E-state index in [0.29, 0.717) is 0 Å². The van der Waals surface area contributed by atoms with Gasteiger partial charge in [-0.25, -0.2) is 9.97 Å². The van der Waals surface area contributed by atoms with Crippen LogP contribution in [0.15, 0.2) is 186 Å². The van der Waals surface area contributed by atoms with E-state index in [9.17, 15) is 0 Å². The number of benzene rings is 8. The maximum absolute atomic E-state index is 4.75. The van der Waals surface area contributed by atoms with E-state index in [1.54, 1.807) is 6.33 Å². The first kappa shape index (κ1) is 29.0. The summed E-state index contributed by atoms with van der Waals surface area (Å²) in [6.45, 7) is 0.218. The average molecular weight is 653 g/mol. The van der Waals surface area contributed by atoms with E-state index in [4.69, 9.17) is 9.97 Å². The predicted molar refractivity (Wildman–Crippen MR) is 213 cm³/mol. The summed E-state index contributed by atoms with van der Waals surface area (Å²) < 4.78 is 0. The first-order chi connectivity index (χ1) is 24.8. The third-order valence-corrected chi connectivity index (χ3v) is 11.3. The van der Waals surface area contributed by atoms with Gasteiger partial charge in [0.15, 0.2) is 0 Å². The average Bonchev–Trinajstić information content (AvgIpc) is 3.20. The first-order valence-corrected chi connectivity index (χ1v) is 17.8. The van der Waals surface area contributed by atoms with Crippen molar-refractivity contribution >= 4 is 67.2 Å². The standard InChI is InChI=1S/C46H29BN2S/c1-2-13-34(14-3-1)47-41-19-8-9-20-45(41)50-46-27-31(22-24-42(46)47)30-11-10-12-32(25-30)43-28-44(49-29-48-43)33-21-23-39-37-17-5-4-15-35(37)36-16-6-7-18-38(36)40(39)26-33/h1-29H. The summed E-state index contributed by atoms with van der Waals surface area (Å²) in [7, 11) is 0. The Morgan fingerprint density at radius 1 is 0.360 bits per heavy atom. The molecule has 0 unspecified atom stereocenters. The number of nitrogens with zero attached hydrogens (tertiary/aromatic N) is 2. The van der Waals surface area contributed by atoms with E-state index in [1.165, 1.54) is 69.6 Å². The molecule has 10 rings (SSSR count).